The molecular formula is C18H23NO. The SMILES string of the molecule is CCNCc1cc(OC)ccc1-c1cccc(C)c1C. The lowest BCUT2D eigenvalue weighted by atomic mass is 9.93. The molecule has 0 aliphatic rings. The third-order valence-electron chi connectivity index (χ3n) is 3.77. The minimum atomic E-state index is 0.858. The van der Waals surface area contributed by atoms with Gasteiger partial charge in [0.1, 0.15) is 5.75 Å². The van der Waals surface area contributed by atoms with Crippen molar-refractivity contribution in [3.8, 4) is 16.9 Å². The van der Waals surface area contributed by atoms with E-state index in [1.807, 2.05) is 6.07 Å². The van der Waals surface area contributed by atoms with Gasteiger partial charge in [0.05, 0.1) is 7.11 Å². The minimum Gasteiger partial charge on any atom is -0.497 e. The summed E-state index contributed by atoms with van der Waals surface area (Å²) in [6.07, 6.45) is 0. The molecule has 0 aliphatic heterocycles. The van der Waals surface area contributed by atoms with Gasteiger partial charge in [-0.2, -0.15) is 0 Å². The highest BCUT2D eigenvalue weighted by molar-refractivity contribution is 5.72. The van der Waals surface area contributed by atoms with E-state index in [9.17, 15) is 0 Å². The summed E-state index contributed by atoms with van der Waals surface area (Å²) in [4.78, 5) is 0. The fraction of sp³-hybridized carbons (Fsp3) is 0.333. The number of nitrogens with one attached hydrogen (secondary N) is 1. The highest BCUT2D eigenvalue weighted by atomic mass is 16.5. The van der Waals surface area contributed by atoms with E-state index in [1.165, 1.54) is 27.8 Å². The molecule has 20 heavy (non-hydrogen) atoms. The van der Waals surface area contributed by atoms with Gasteiger partial charge < -0.3 is 10.1 Å². The van der Waals surface area contributed by atoms with Crippen molar-refractivity contribution in [1.29, 1.82) is 0 Å². The average Bonchev–Trinajstić information content (AvgIpc) is 2.48. The Morgan fingerprint density at radius 2 is 1.85 bits per heavy atom. The fourth-order valence-corrected chi connectivity index (χ4v) is 2.41. The van der Waals surface area contributed by atoms with Crippen LogP contribution in [0.15, 0.2) is 36.4 Å². The number of hydrogen-bond acceptors (Lipinski definition) is 2. The van der Waals surface area contributed by atoms with Gasteiger partial charge in [0.15, 0.2) is 0 Å². The van der Waals surface area contributed by atoms with E-state index < -0.39 is 0 Å². The number of methoxy groups -OCH3 is 1. The number of rotatable bonds is 5. The van der Waals surface area contributed by atoms with Gasteiger partial charge in [0, 0.05) is 6.54 Å². The highest BCUT2D eigenvalue weighted by Gasteiger charge is 2.09. The Kier molecular flexibility index (Phi) is 4.80. The summed E-state index contributed by atoms with van der Waals surface area (Å²) in [7, 11) is 1.71. The van der Waals surface area contributed by atoms with Crippen LogP contribution in [-0.4, -0.2) is 13.7 Å². The average molecular weight is 269 g/mol. The van der Waals surface area contributed by atoms with Crippen LogP contribution in [0.5, 0.6) is 5.75 Å². The van der Waals surface area contributed by atoms with Crippen molar-refractivity contribution in [2.24, 2.45) is 0 Å². The zero-order valence-electron chi connectivity index (χ0n) is 12.8. The van der Waals surface area contributed by atoms with Gasteiger partial charge in [-0.3, -0.25) is 0 Å². The van der Waals surface area contributed by atoms with Crippen molar-refractivity contribution < 1.29 is 4.74 Å². The van der Waals surface area contributed by atoms with Gasteiger partial charge in [0.25, 0.3) is 0 Å². The zero-order valence-corrected chi connectivity index (χ0v) is 12.8. The molecule has 2 heteroatoms. The first-order valence-corrected chi connectivity index (χ1v) is 7.11. The van der Waals surface area contributed by atoms with Crippen LogP contribution in [0.4, 0.5) is 0 Å². The van der Waals surface area contributed by atoms with Gasteiger partial charge in [-0.05, 0) is 60.3 Å². The molecule has 106 valence electrons. The Balaban J connectivity index is 2.51. The first-order chi connectivity index (χ1) is 9.67. The van der Waals surface area contributed by atoms with Gasteiger partial charge in [-0.1, -0.05) is 31.2 Å². The molecule has 1 N–H and O–H groups in total. The maximum Gasteiger partial charge on any atom is 0.119 e. The summed E-state index contributed by atoms with van der Waals surface area (Å²) in [6, 6.07) is 12.8. The van der Waals surface area contributed by atoms with Gasteiger partial charge in [0.2, 0.25) is 0 Å². The molecule has 0 aliphatic carbocycles. The van der Waals surface area contributed by atoms with E-state index in [-0.39, 0.29) is 0 Å². The molecule has 0 radical (unpaired) electrons. The molecule has 0 spiro atoms. The number of benzene rings is 2. The second kappa shape index (κ2) is 6.58. The maximum atomic E-state index is 5.35. The first-order valence-electron chi connectivity index (χ1n) is 7.11. The van der Waals surface area contributed by atoms with E-state index in [1.54, 1.807) is 7.11 Å². The second-order valence-corrected chi connectivity index (χ2v) is 5.05. The predicted octanol–water partition coefficient (Wildman–Crippen LogP) is 4.09. The van der Waals surface area contributed by atoms with E-state index in [4.69, 9.17) is 4.74 Å². The molecule has 0 amide bonds. The maximum absolute atomic E-state index is 5.35. The predicted molar refractivity (Wildman–Crippen MR) is 85.3 cm³/mol. The number of ether oxygens (including phenoxy) is 1. The lowest BCUT2D eigenvalue weighted by Crippen LogP contribution is -2.12. The first kappa shape index (κ1) is 14.6. The molecule has 0 unspecified atom stereocenters. The molecule has 0 fully saturated rings. The molecule has 2 rings (SSSR count). The lowest BCUT2D eigenvalue weighted by Gasteiger charge is -2.15. The van der Waals surface area contributed by atoms with Crippen LogP contribution in [0.25, 0.3) is 11.1 Å². The van der Waals surface area contributed by atoms with Gasteiger partial charge in [-0.25, -0.2) is 0 Å². The molecule has 2 aromatic carbocycles. The van der Waals surface area contributed by atoms with Crippen LogP contribution >= 0.6 is 0 Å². The van der Waals surface area contributed by atoms with E-state index in [0.717, 1.165) is 18.8 Å². The Morgan fingerprint density at radius 3 is 2.55 bits per heavy atom. The van der Waals surface area contributed by atoms with Gasteiger partial charge >= 0.3 is 0 Å². The molecule has 0 aromatic heterocycles. The fourth-order valence-electron chi connectivity index (χ4n) is 2.41. The van der Waals surface area contributed by atoms with Crippen molar-refractivity contribution in [2.75, 3.05) is 13.7 Å². The monoisotopic (exact) mass is 269 g/mol. The van der Waals surface area contributed by atoms with Crippen molar-refractivity contribution in [1.82, 2.24) is 5.32 Å². The third-order valence-corrected chi connectivity index (χ3v) is 3.77. The Hall–Kier alpha value is -1.80. The van der Waals surface area contributed by atoms with Crippen LogP contribution < -0.4 is 10.1 Å². The standard InChI is InChI=1S/C18H23NO/c1-5-19-12-15-11-16(20-4)9-10-18(15)17-8-6-7-13(2)14(17)3/h6-11,19H,5,12H2,1-4H3. The van der Waals surface area contributed by atoms with Crippen molar-refractivity contribution in [3.63, 3.8) is 0 Å². The van der Waals surface area contributed by atoms with Crippen molar-refractivity contribution in [2.45, 2.75) is 27.3 Å². The summed E-state index contributed by atoms with van der Waals surface area (Å²) in [5, 5.41) is 3.40. The quantitative estimate of drug-likeness (QED) is 0.882. The lowest BCUT2D eigenvalue weighted by molar-refractivity contribution is 0.414. The third kappa shape index (κ3) is 3.02. The van der Waals surface area contributed by atoms with Crippen LogP contribution in [-0.2, 0) is 6.54 Å². The summed E-state index contributed by atoms with van der Waals surface area (Å²) in [5.74, 6) is 0.909. The molecule has 0 bridgehead atoms. The summed E-state index contributed by atoms with van der Waals surface area (Å²) in [5.41, 5.74) is 6.54. The molecule has 0 saturated carbocycles. The molecule has 0 saturated heterocycles. The molecule has 0 heterocycles. The van der Waals surface area contributed by atoms with Gasteiger partial charge in [-0.15, -0.1) is 0 Å². The Morgan fingerprint density at radius 1 is 1.05 bits per heavy atom. The van der Waals surface area contributed by atoms with Crippen molar-refractivity contribution in [3.05, 3.63) is 53.1 Å². The molecule has 0 atom stereocenters. The van der Waals surface area contributed by atoms with Crippen LogP contribution in [0.2, 0.25) is 0 Å². The van der Waals surface area contributed by atoms with Crippen LogP contribution in [0.3, 0.4) is 0 Å². The Bertz CT molecular complexity index is 590. The smallest absolute Gasteiger partial charge is 0.119 e. The zero-order chi connectivity index (χ0) is 14.5. The number of aryl methyl sites for hydroxylation is 1. The normalized spacial score (nSPS) is 10.6. The number of hydrogen-bond donors (Lipinski definition) is 1. The van der Waals surface area contributed by atoms with Crippen LogP contribution in [0.1, 0.15) is 23.6 Å². The summed E-state index contributed by atoms with van der Waals surface area (Å²) < 4.78 is 5.35. The topological polar surface area (TPSA) is 21.3 Å². The molecule has 2 nitrogen and oxygen atoms in total. The highest BCUT2D eigenvalue weighted by Crippen LogP contribution is 2.31. The summed E-state index contributed by atoms with van der Waals surface area (Å²) >= 11 is 0. The molecule has 2 aromatic rings. The van der Waals surface area contributed by atoms with Crippen molar-refractivity contribution >= 4 is 0 Å². The van der Waals surface area contributed by atoms with Crippen LogP contribution in [0, 0.1) is 13.8 Å². The minimum absolute atomic E-state index is 0.858. The summed E-state index contributed by atoms with van der Waals surface area (Å²) in [6.45, 7) is 8.29. The van der Waals surface area contributed by atoms with E-state index in [0.29, 0.717) is 0 Å². The largest absolute Gasteiger partial charge is 0.497 e. The second-order valence-electron chi connectivity index (χ2n) is 5.05. The Labute approximate surface area is 121 Å². The molecular weight excluding hydrogens is 246 g/mol. The van der Waals surface area contributed by atoms with E-state index in [2.05, 4.69) is 56.4 Å². The van der Waals surface area contributed by atoms with E-state index >= 15 is 0 Å².